The van der Waals surface area contributed by atoms with Gasteiger partial charge in [-0.2, -0.15) is 5.10 Å². The molecular formula is C16H25N3O2. The average Bonchev–Trinajstić information content (AvgIpc) is 2.89. The summed E-state index contributed by atoms with van der Waals surface area (Å²) in [6.45, 7) is 0.831. The number of likely N-dealkylation sites (tertiary alicyclic amines) is 1. The number of nitrogens with zero attached hydrogens (tertiary/aromatic N) is 3. The standard InChI is InChI=1S/C16H25N3O2/c1-18-13(8-10-17-18)9-11-19-14-5-3-2-4-12(14)6-7-15(19)16(20)21/h8,10,12,14-15H,2-7,9,11H2,1H3,(H,20,21). The number of fused-ring (bicyclic) bond motifs is 1. The third kappa shape index (κ3) is 2.98. The Kier molecular flexibility index (Phi) is 4.29. The van der Waals surface area contributed by atoms with Gasteiger partial charge in [0, 0.05) is 37.9 Å². The van der Waals surface area contributed by atoms with Crippen LogP contribution in [0, 0.1) is 5.92 Å². The molecule has 3 rings (SSSR count). The van der Waals surface area contributed by atoms with E-state index in [1.165, 1.54) is 31.4 Å². The number of hydrogen-bond acceptors (Lipinski definition) is 3. The molecule has 2 heterocycles. The number of hydrogen-bond donors (Lipinski definition) is 1. The molecule has 116 valence electrons. The van der Waals surface area contributed by atoms with Crippen LogP contribution in [0.5, 0.6) is 0 Å². The molecule has 1 N–H and O–H groups in total. The first kappa shape index (κ1) is 14.6. The predicted molar refractivity (Wildman–Crippen MR) is 80.0 cm³/mol. The fraction of sp³-hybridized carbons (Fsp3) is 0.750. The largest absolute Gasteiger partial charge is 0.480 e. The van der Waals surface area contributed by atoms with Gasteiger partial charge in [0.15, 0.2) is 0 Å². The first-order valence-electron chi connectivity index (χ1n) is 8.12. The van der Waals surface area contributed by atoms with E-state index in [1.54, 1.807) is 0 Å². The maximum atomic E-state index is 11.6. The Hall–Kier alpha value is -1.36. The molecule has 5 nitrogen and oxygen atoms in total. The molecule has 3 unspecified atom stereocenters. The van der Waals surface area contributed by atoms with Gasteiger partial charge in [0.1, 0.15) is 6.04 Å². The molecule has 1 aromatic heterocycles. The summed E-state index contributed by atoms with van der Waals surface area (Å²) in [6.07, 6.45) is 9.59. The monoisotopic (exact) mass is 291 g/mol. The fourth-order valence-electron chi connectivity index (χ4n) is 4.21. The Morgan fingerprint density at radius 1 is 1.33 bits per heavy atom. The maximum absolute atomic E-state index is 11.6. The first-order chi connectivity index (χ1) is 10.2. The fourth-order valence-corrected chi connectivity index (χ4v) is 4.21. The average molecular weight is 291 g/mol. The number of aryl methyl sites for hydroxylation is 1. The van der Waals surface area contributed by atoms with E-state index >= 15 is 0 Å². The highest BCUT2D eigenvalue weighted by atomic mass is 16.4. The van der Waals surface area contributed by atoms with Crippen LogP contribution in [0.3, 0.4) is 0 Å². The summed E-state index contributed by atoms with van der Waals surface area (Å²) in [5.41, 5.74) is 1.18. The van der Waals surface area contributed by atoms with Crippen molar-refractivity contribution in [3.8, 4) is 0 Å². The molecule has 1 aromatic rings. The predicted octanol–water partition coefficient (Wildman–Crippen LogP) is 2.07. The van der Waals surface area contributed by atoms with Gasteiger partial charge in [0.05, 0.1) is 0 Å². The molecule has 0 bridgehead atoms. The van der Waals surface area contributed by atoms with E-state index in [9.17, 15) is 9.90 Å². The van der Waals surface area contributed by atoms with Crippen LogP contribution >= 0.6 is 0 Å². The van der Waals surface area contributed by atoms with E-state index in [2.05, 4.69) is 10.00 Å². The zero-order valence-corrected chi connectivity index (χ0v) is 12.7. The number of rotatable bonds is 4. The molecule has 3 atom stereocenters. The molecule has 0 spiro atoms. The molecule has 0 radical (unpaired) electrons. The molecule has 0 aromatic carbocycles. The maximum Gasteiger partial charge on any atom is 0.320 e. The minimum atomic E-state index is -0.649. The van der Waals surface area contributed by atoms with Gasteiger partial charge in [0.25, 0.3) is 0 Å². The lowest BCUT2D eigenvalue weighted by Gasteiger charge is -2.47. The summed E-state index contributed by atoms with van der Waals surface area (Å²) in [6, 6.07) is 2.21. The van der Waals surface area contributed by atoms with E-state index in [0.29, 0.717) is 12.0 Å². The van der Waals surface area contributed by atoms with Gasteiger partial charge in [-0.3, -0.25) is 14.4 Å². The molecular weight excluding hydrogens is 266 g/mol. The van der Waals surface area contributed by atoms with Crippen LogP contribution in [0.2, 0.25) is 0 Å². The van der Waals surface area contributed by atoms with E-state index < -0.39 is 5.97 Å². The summed E-state index contributed by atoms with van der Waals surface area (Å²) in [7, 11) is 1.95. The SMILES string of the molecule is Cn1nccc1CCN1C(C(=O)O)CCC2CCCCC21. The summed E-state index contributed by atoms with van der Waals surface area (Å²) in [5, 5.41) is 13.7. The van der Waals surface area contributed by atoms with Crippen LogP contribution in [-0.2, 0) is 18.3 Å². The van der Waals surface area contributed by atoms with Crippen molar-refractivity contribution in [2.75, 3.05) is 6.54 Å². The third-order valence-corrected chi connectivity index (χ3v) is 5.34. The highest BCUT2D eigenvalue weighted by Gasteiger charge is 2.40. The van der Waals surface area contributed by atoms with Gasteiger partial charge in [-0.05, 0) is 37.7 Å². The smallest absolute Gasteiger partial charge is 0.320 e. The normalized spacial score (nSPS) is 30.0. The highest BCUT2D eigenvalue weighted by Crippen LogP contribution is 2.37. The van der Waals surface area contributed by atoms with Gasteiger partial charge in [-0.15, -0.1) is 0 Å². The zero-order valence-electron chi connectivity index (χ0n) is 12.7. The highest BCUT2D eigenvalue weighted by molar-refractivity contribution is 5.73. The van der Waals surface area contributed by atoms with E-state index in [4.69, 9.17) is 0 Å². The van der Waals surface area contributed by atoms with Crippen molar-refractivity contribution in [3.63, 3.8) is 0 Å². The van der Waals surface area contributed by atoms with Gasteiger partial charge in [-0.1, -0.05) is 12.8 Å². The summed E-state index contributed by atoms with van der Waals surface area (Å²) in [4.78, 5) is 13.9. The Morgan fingerprint density at radius 2 is 2.14 bits per heavy atom. The van der Waals surface area contributed by atoms with Gasteiger partial charge in [0.2, 0.25) is 0 Å². The Labute approximate surface area is 125 Å². The summed E-state index contributed by atoms with van der Waals surface area (Å²) in [5.74, 6) is 0.0601. The lowest BCUT2D eigenvalue weighted by Crippen LogP contribution is -2.55. The molecule has 1 saturated heterocycles. The van der Waals surface area contributed by atoms with Crippen molar-refractivity contribution in [1.82, 2.24) is 14.7 Å². The molecule has 1 aliphatic carbocycles. The van der Waals surface area contributed by atoms with Crippen molar-refractivity contribution in [1.29, 1.82) is 0 Å². The molecule has 2 fully saturated rings. The number of carbonyl (C=O) groups is 1. The lowest BCUT2D eigenvalue weighted by molar-refractivity contribution is -0.148. The molecule has 1 saturated carbocycles. The number of aromatic nitrogens is 2. The number of aliphatic carboxylic acids is 1. The van der Waals surface area contributed by atoms with Crippen molar-refractivity contribution >= 4 is 5.97 Å². The summed E-state index contributed by atoms with van der Waals surface area (Å²) >= 11 is 0. The van der Waals surface area contributed by atoms with Crippen LogP contribution in [0.4, 0.5) is 0 Å². The first-order valence-corrected chi connectivity index (χ1v) is 8.12. The minimum absolute atomic E-state index is 0.294. The van der Waals surface area contributed by atoms with Crippen LogP contribution < -0.4 is 0 Å². The zero-order chi connectivity index (χ0) is 14.8. The molecule has 2 aliphatic rings. The molecule has 0 amide bonds. The second kappa shape index (κ2) is 6.18. The van der Waals surface area contributed by atoms with E-state index in [1.807, 2.05) is 24.0 Å². The van der Waals surface area contributed by atoms with Gasteiger partial charge < -0.3 is 5.11 Å². The Balaban J connectivity index is 1.73. The number of carboxylic acid groups (broad SMARTS) is 1. The van der Waals surface area contributed by atoms with Crippen molar-refractivity contribution in [3.05, 3.63) is 18.0 Å². The quantitative estimate of drug-likeness (QED) is 0.922. The molecule has 1 aliphatic heterocycles. The number of carboxylic acids is 1. The Bertz CT molecular complexity index is 499. The third-order valence-electron chi connectivity index (χ3n) is 5.34. The van der Waals surface area contributed by atoms with Gasteiger partial charge >= 0.3 is 5.97 Å². The molecule has 21 heavy (non-hydrogen) atoms. The topological polar surface area (TPSA) is 58.4 Å². The Morgan fingerprint density at radius 3 is 2.86 bits per heavy atom. The van der Waals surface area contributed by atoms with Crippen LogP contribution in [0.25, 0.3) is 0 Å². The van der Waals surface area contributed by atoms with E-state index in [-0.39, 0.29) is 6.04 Å². The summed E-state index contributed by atoms with van der Waals surface area (Å²) < 4.78 is 1.89. The second-order valence-electron chi connectivity index (χ2n) is 6.48. The minimum Gasteiger partial charge on any atom is -0.480 e. The number of piperidine rings is 1. The lowest BCUT2D eigenvalue weighted by atomic mass is 9.76. The van der Waals surface area contributed by atoms with Gasteiger partial charge in [-0.25, -0.2) is 0 Å². The van der Waals surface area contributed by atoms with Crippen molar-refractivity contribution < 1.29 is 9.90 Å². The van der Waals surface area contributed by atoms with Crippen LogP contribution in [0.15, 0.2) is 12.3 Å². The van der Waals surface area contributed by atoms with E-state index in [0.717, 1.165) is 25.8 Å². The van der Waals surface area contributed by atoms with Crippen LogP contribution in [-0.4, -0.2) is 44.4 Å². The van der Waals surface area contributed by atoms with Crippen LogP contribution in [0.1, 0.15) is 44.2 Å². The van der Waals surface area contributed by atoms with Crippen molar-refractivity contribution in [2.24, 2.45) is 13.0 Å². The molecule has 5 heteroatoms. The van der Waals surface area contributed by atoms with Crippen molar-refractivity contribution in [2.45, 2.75) is 57.0 Å². The second-order valence-corrected chi connectivity index (χ2v) is 6.48.